The predicted molar refractivity (Wildman–Crippen MR) is 317 cm³/mol. The van der Waals surface area contributed by atoms with Crippen LogP contribution >= 0.6 is 0 Å². The molecule has 0 amide bonds. The lowest BCUT2D eigenvalue weighted by Crippen LogP contribution is -2.25. The SMILES string of the molecule is CCCCCCN(CCCCCC)c1ccc(-c2ccc(C3=C(C#N)C(=C(C#N)C#N)OC3(C)C)cc2)cc1.CCCCCCN(CCCCCC)c1ccc(-c2ccc(C3=C(C#N)C(=C(C#N)C#N)OC3(C)C)cc2)cc1. The summed E-state index contributed by atoms with van der Waals surface area (Å²) < 4.78 is 11.9. The molecule has 78 heavy (non-hydrogen) atoms. The van der Waals surface area contributed by atoms with Gasteiger partial charge >= 0.3 is 0 Å². The quantitative estimate of drug-likeness (QED) is 0.0436. The Kier molecular flexibility index (Phi) is 23.9. The van der Waals surface area contributed by atoms with Crippen LogP contribution in [0.25, 0.3) is 33.4 Å². The lowest BCUT2D eigenvalue weighted by atomic mass is 9.88. The summed E-state index contributed by atoms with van der Waals surface area (Å²) in [7, 11) is 0. The first-order chi connectivity index (χ1) is 37.8. The minimum Gasteiger partial charge on any atom is -0.480 e. The number of nitriles is 6. The third-order valence-corrected chi connectivity index (χ3v) is 14.6. The molecule has 0 saturated carbocycles. The molecule has 4 aromatic carbocycles. The van der Waals surface area contributed by atoms with Gasteiger partial charge in [-0.2, -0.15) is 31.6 Å². The maximum Gasteiger partial charge on any atom is 0.172 e. The van der Waals surface area contributed by atoms with Crippen LogP contribution in [0.2, 0.25) is 0 Å². The number of allylic oxidation sites excluding steroid dienone is 4. The molecule has 10 nitrogen and oxygen atoms in total. The molecule has 0 atom stereocenters. The number of benzene rings is 4. The lowest BCUT2D eigenvalue weighted by Gasteiger charge is -2.25. The molecule has 4 aromatic rings. The normalized spacial score (nSPS) is 13.8. The van der Waals surface area contributed by atoms with Crippen molar-refractivity contribution in [3.05, 3.63) is 142 Å². The van der Waals surface area contributed by atoms with Gasteiger partial charge in [0.05, 0.1) is 0 Å². The Morgan fingerprint density at radius 2 is 0.603 bits per heavy atom. The Morgan fingerprint density at radius 3 is 0.833 bits per heavy atom. The van der Waals surface area contributed by atoms with E-state index in [9.17, 15) is 31.6 Å². The van der Waals surface area contributed by atoms with E-state index in [4.69, 9.17) is 9.47 Å². The van der Waals surface area contributed by atoms with Crippen molar-refractivity contribution in [1.29, 1.82) is 31.6 Å². The van der Waals surface area contributed by atoms with E-state index in [1.807, 2.05) is 101 Å². The maximum absolute atomic E-state index is 9.86. The number of anilines is 2. The van der Waals surface area contributed by atoms with Crippen molar-refractivity contribution < 1.29 is 9.47 Å². The molecule has 0 unspecified atom stereocenters. The fourth-order valence-corrected chi connectivity index (χ4v) is 10.4. The van der Waals surface area contributed by atoms with E-state index in [-0.39, 0.29) is 33.8 Å². The number of nitrogens with zero attached hydrogens (tertiary/aromatic N) is 8. The van der Waals surface area contributed by atoms with Crippen LogP contribution in [0.4, 0.5) is 11.4 Å². The average molecular weight is 1040 g/mol. The number of hydrogen-bond acceptors (Lipinski definition) is 10. The fraction of sp³-hybridized carbons (Fsp3) is 0.441. The molecule has 2 heterocycles. The average Bonchev–Trinajstić information content (AvgIpc) is 4.11. The highest BCUT2D eigenvalue weighted by atomic mass is 16.5. The van der Waals surface area contributed by atoms with Gasteiger partial charge in [0, 0.05) is 48.7 Å². The third kappa shape index (κ3) is 16.0. The van der Waals surface area contributed by atoms with Gasteiger partial charge in [0.1, 0.15) is 58.8 Å². The predicted octanol–water partition coefficient (Wildman–Crippen LogP) is 17.4. The smallest absolute Gasteiger partial charge is 0.172 e. The largest absolute Gasteiger partial charge is 0.480 e. The van der Waals surface area contributed by atoms with Crippen molar-refractivity contribution in [2.75, 3.05) is 36.0 Å². The maximum atomic E-state index is 9.86. The molecule has 0 bridgehead atoms. The first kappa shape index (κ1) is 60.8. The van der Waals surface area contributed by atoms with Crippen LogP contribution in [0.5, 0.6) is 0 Å². The van der Waals surface area contributed by atoms with E-state index in [1.54, 1.807) is 0 Å². The number of rotatable bonds is 26. The second-order valence-electron chi connectivity index (χ2n) is 21.3. The summed E-state index contributed by atoms with van der Waals surface area (Å²) in [5, 5.41) is 57.0. The van der Waals surface area contributed by atoms with Gasteiger partial charge < -0.3 is 19.3 Å². The van der Waals surface area contributed by atoms with E-state index >= 15 is 0 Å². The Labute approximate surface area is 467 Å². The molecular weight excluding hydrogens is 961 g/mol. The summed E-state index contributed by atoms with van der Waals surface area (Å²) in [6, 6.07) is 45.5. The molecular formula is C68H80N8O2. The van der Waals surface area contributed by atoms with Crippen molar-refractivity contribution in [2.45, 2.75) is 169 Å². The second kappa shape index (κ2) is 30.7. The van der Waals surface area contributed by atoms with Crippen LogP contribution < -0.4 is 9.80 Å². The molecule has 2 aliphatic rings. The number of hydrogen-bond donors (Lipinski definition) is 0. The summed E-state index contributed by atoms with van der Waals surface area (Å²) in [4.78, 5) is 5.08. The molecule has 0 radical (unpaired) electrons. The monoisotopic (exact) mass is 1040 g/mol. The van der Waals surface area contributed by atoms with Gasteiger partial charge in [0.2, 0.25) is 0 Å². The van der Waals surface area contributed by atoms with Crippen LogP contribution in [-0.4, -0.2) is 37.4 Å². The Hall–Kier alpha value is -8.02. The van der Waals surface area contributed by atoms with E-state index in [0.717, 1.165) is 59.6 Å². The van der Waals surface area contributed by atoms with E-state index in [2.05, 4.69) is 98.2 Å². The molecule has 0 aromatic heterocycles. The van der Waals surface area contributed by atoms with Gasteiger partial charge in [0.25, 0.3) is 0 Å². The van der Waals surface area contributed by atoms with Crippen LogP contribution in [0.1, 0.15) is 169 Å². The third-order valence-electron chi connectivity index (χ3n) is 14.6. The standard InChI is InChI=1S/2C34H40N4O/c2*1-5-7-9-11-21-38(22-12-10-8-6-2)30-19-17-27(18-20-30)26-13-15-28(16-14-26)32-31(25-37)33(29(23-35)24-36)39-34(32,3)4/h2*13-20H,5-12,21-22H2,1-4H3. The van der Waals surface area contributed by atoms with Crippen LogP contribution in [0.3, 0.4) is 0 Å². The molecule has 0 N–H and O–H groups in total. The van der Waals surface area contributed by atoms with Crippen molar-refractivity contribution in [2.24, 2.45) is 0 Å². The van der Waals surface area contributed by atoms with Crippen molar-refractivity contribution >= 4 is 22.5 Å². The minimum atomic E-state index is -0.833. The van der Waals surface area contributed by atoms with Gasteiger partial charge in [-0.15, -0.1) is 0 Å². The molecule has 10 heteroatoms. The molecule has 0 fully saturated rings. The zero-order valence-corrected chi connectivity index (χ0v) is 47.8. The zero-order valence-electron chi connectivity index (χ0n) is 47.8. The molecule has 0 spiro atoms. The zero-order chi connectivity index (χ0) is 56.5. The summed E-state index contributed by atoms with van der Waals surface area (Å²) >= 11 is 0. The van der Waals surface area contributed by atoms with Crippen LogP contribution in [0.15, 0.2) is 131 Å². The first-order valence-corrected chi connectivity index (χ1v) is 28.5. The molecule has 0 saturated heterocycles. The summed E-state index contributed by atoms with van der Waals surface area (Å²) in [5.41, 5.74) is 8.51. The molecule has 404 valence electrons. The molecule has 0 aliphatic carbocycles. The van der Waals surface area contributed by atoms with Gasteiger partial charge in [-0.05, 0) is 111 Å². The number of ether oxygens (including phenoxy) is 2. The Bertz CT molecular complexity index is 2740. The Balaban J connectivity index is 0.000000287. The summed E-state index contributed by atoms with van der Waals surface area (Å²) in [6.07, 6.45) is 20.2. The van der Waals surface area contributed by atoms with Gasteiger partial charge in [-0.3, -0.25) is 0 Å². The van der Waals surface area contributed by atoms with Crippen molar-refractivity contribution in [3.63, 3.8) is 0 Å². The summed E-state index contributed by atoms with van der Waals surface area (Å²) in [5.74, 6) is 0.132. The highest BCUT2D eigenvalue weighted by molar-refractivity contribution is 5.86. The summed E-state index contributed by atoms with van der Waals surface area (Å²) in [6.45, 7) is 20.8. The van der Waals surface area contributed by atoms with Crippen LogP contribution in [-0.2, 0) is 9.47 Å². The highest BCUT2D eigenvalue weighted by Gasteiger charge is 2.42. The second-order valence-corrected chi connectivity index (χ2v) is 21.3. The van der Waals surface area contributed by atoms with Crippen molar-refractivity contribution in [3.8, 4) is 58.7 Å². The van der Waals surface area contributed by atoms with Gasteiger partial charge in [0.15, 0.2) is 22.7 Å². The lowest BCUT2D eigenvalue weighted by molar-refractivity contribution is 0.109. The highest BCUT2D eigenvalue weighted by Crippen LogP contribution is 2.46. The minimum absolute atomic E-state index is 0.0658. The van der Waals surface area contributed by atoms with E-state index < -0.39 is 11.2 Å². The van der Waals surface area contributed by atoms with Crippen molar-refractivity contribution in [1.82, 2.24) is 0 Å². The van der Waals surface area contributed by atoms with Crippen LogP contribution in [0, 0.1) is 68.0 Å². The molecule has 2 aliphatic heterocycles. The first-order valence-electron chi connectivity index (χ1n) is 28.5. The topological polar surface area (TPSA) is 168 Å². The van der Waals surface area contributed by atoms with E-state index in [0.29, 0.717) is 11.1 Å². The van der Waals surface area contributed by atoms with E-state index in [1.165, 1.54) is 114 Å². The fourth-order valence-electron chi connectivity index (χ4n) is 10.4. The number of unbranched alkanes of at least 4 members (excludes halogenated alkanes) is 12. The molecule has 6 rings (SSSR count). The Morgan fingerprint density at radius 1 is 0.359 bits per heavy atom. The van der Waals surface area contributed by atoms with Gasteiger partial charge in [-0.1, -0.05) is 178 Å². The van der Waals surface area contributed by atoms with Gasteiger partial charge in [-0.25, -0.2) is 0 Å².